The van der Waals surface area contributed by atoms with Gasteiger partial charge in [0.05, 0.1) is 11.4 Å². The van der Waals surface area contributed by atoms with Crippen LogP contribution in [0.3, 0.4) is 0 Å². The molecule has 1 atom stereocenters. The third kappa shape index (κ3) is 4.43. The highest BCUT2D eigenvalue weighted by atomic mass is 16.1. The van der Waals surface area contributed by atoms with Crippen LogP contribution < -0.4 is 10.2 Å². The van der Waals surface area contributed by atoms with Gasteiger partial charge in [-0.25, -0.2) is 0 Å². The average molecular weight is 427 g/mol. The van der Waals surface area contributed by atoms with Crippen LogP contribution in [0, 0.1) is 12.8 Å². The van der Waals surface area contributed by atoms with Crippen molar-refractivity contribution in [3.8, 4) is 11.1 Å². The van der Waals surface area contributed by atoms with Crippen LogP contribution >= 0.6 is 0 Å². The van der Waals surface area contributed by atoms with Crippen molar-refractivity contribution in [1.29, 1.82) is 0 Å². The molecule has 3 nitrogen and oxygen atoms in total. The second kappa shape index (κ2) is 10.0. The first-order chi connectivity index (χ1) is 15.6. The Morgan fingerprint density at radius 2 is 1.62 bits per heavy atom. The molecule has 1 heterocycles. The van der Waals surface area contributed by atoms with Crippen LogP contribution in [0.4, 0.5) is 17.1 Å². The monoisotopic (exact) mass is 426 g/mol. The Labute approximate surface area is 192 Å². The van der Waals surface area contributed by atoms with Crippen LogP contribution in [0.5, 0.6) is 0 Å². The third-order valence-electron chi connectivity index (χ3n) is 6.49. The van der Waals surface area contributed by atoms with Gasteiger partial charge in [-0.3, -0.25) is 4.79 Å². The first-order valence-electron chi connectivity index (χ1n) is 12.0. The number of unbranched alkanes of at least 4 members (excludes halogenated alkanes) is 3. The van der Waals surface area contributed by atoms with Gasteiger partial charge in [0.1, 0.15) is 0 Å². The minimum absolute atomic E-state index is 0.0572. The van der Waals surface area contributed by atoms with Crippen molar-refractivity contribution >= 4 is 23.0 Å². The van der Waals surface area contributed by atoms with Crippen LogP contribution in [-0.4, -0.2) is 5.91 Å². The summed E-state index contributed by atoms with van der Waals surface area (Å²) < 4.78 is 0. The van der Waals surface area contributed by atoms with Crippen molar-refractivity contribution in [2.75, 3.05) is 4.90 Å². The van der Waals surface area contributed by atoms with Gasteiger partial charge in [-0.05, 0) is 42.7 Å². The highest BCUT2D eigenvalue weighted by Gasteiger charge is 2.35. The molecule has 0 aliphatic carbocycles. The lowest BCUT2D eigenvalue weighted by atomic mass is 9.87. The van der Waals surface area contributed by atoms with Crippen molar-refractivity contribution in [2.24, 2.45) is 5.92 Å². The van der Waals surface area contributed by atoms with E-state index in [4.69, 9.17) is 0 Å². The summed E-state index contributed by atoms with van der Waals surface area (Å²) in [6.07, 6.45) is 5.78. The fourth-order valence-electron chi connectivity index (χ4n) is 4.69. The molecule has 0 fully saturated rings. The molecule has 3 aromatic rings. The van der Waals surface area contributed by atoms with Crippen molar-refractivity contribution in [3.63, 3.8) is 0 Å². The van der Waals surface area contributed by atoms with Gasteiger partial charge in [0.15, 0.2) is 0 Å². The minimum Gasteiger partial charge on any atom is -0.352 e. The predicted octanol–water partition coefficient (Wildman–Crippen LogP) is 7.67. The van der Waals surface area contributed by atoms with E-state index in [9.17, 15) is 4.79 Å². The first-order valence-corrected chi connectivity index (χ1v) is 12.0. The van der Waals surface area contributed by atoms with Crippen molar-refractivity contribution in [3.05, 3.63) is 77.9 Å². The Morgan fingerprint density at radius 3 is 2.31 bits per heavy atom. The van der Waals surface area contributed by atoms with Gasteiger partial charge >= 0.3 is 0 Å². The van der Waals surface area contributed by atoms with E-state index >= 15 is 0 Å². The molecule has 32 heavy (non-hydrogen) atoms. The summed E-state index contributed by atoms with van der Waals surface area (Å²) in [6.45, 7) is 7.01. The van der Waals surface area contributed by atoms with Gasteiger partial charge in [0.25, 0.3) is 0 Å². The lowest BCUT2D eigenvalue weighted by Gasteiger charge is -2.42. The number of hydrogen-bond donors (Lipinski definition) is 1. The summed E-state index contributed by atoms with van der Waals surface area (Å²) in [5, 5.41) is 3.23. The second-order valence-electron chi connectivity index (χ2n) is 8.92. The van der Waals surface area contributed by atoms with Gasteiger partial charge in [0.2, 0.25) is 5.91 Å². The Balaban J connectivity index is 1.58. The molecule has 0 spiro atoms. The normalized spacial score (nSPS) is 12.9. The highest BCUT2D eigenvalue weighted by Crippen LogP contribution is 2.56. The van der Waals surface area contributed by atoms with E-state index in [1.807, 2.05) is 12.1 Å². The quantitative estimate of drug-likeness (QED) is 0.264. The Bertz CT molecular complexity index is 1060. The highest BCUT2D eigenvalue weighted by molar-refractivity contribution is 6.03. The molecule has 3 aromatic carbocycles. The van der Waals surface area contributed by atoms with Crippen molar-refractivity contribution < 1.29 is 4.79 Å². The van der Waals surface area contributed by atoms with E-state index in [0.717, 1.165) is 18.5 Å². The van der Waals surface area contributed by atoms with Crippen LogP contribution in [-0.2, 0) is 11.3 Å². The number of nitrogens with one attached hydrogen (secondary N) is 1. The molecule has 1 amide bonds. The van der Waals surface area contributed by atoms with Crippen LogP contribution in [0.15, 0.2) is 66.7 Å². The maximum Gasteiger partial charge on any atom is 0.223 e. The molecule has 166 valence electrons. The number of para-hydroxylation sites is 1. The zero-order chi connectivity index (χ0) is 22.5. The lowest BCUT2D eigenvalue weighted by molar-refractivity contribution is -0.124. The zero-order valence-corrected chi connectivity index (χ0v) is 19.5. The first kappa shape index (κ1) is 22.1. The molecule has 0 radical (unpaired) electrons. The Kier molecular flexibility index (Phi) is 6.94. The SMILES string of the molecule is CCCCCCC(C)C(=O)NCc1c2c(C)cc(-c3ccccc3)c1N2c1ccccc1. The second-order valence-corrected chi connectivity index (χ2v) is 8.92. The number of amides is 1. The van der Waals surface area contributed by atoms with E-state index in [1.165, 1.54) is 52.9 Å². The topological polar surface area (TPSA) is 32.3 Å². The van der Waals surface area contributed by atoms with Crippen molar-refractivity contribution in [1.82, 2.24) is 5.32 Å². The zero-order valence-electron chi connectivity index (χ0n) is 19.5. The van der Waals surface area contributed by atoms with Crippen LogP contribution in [0.1, 0.15) is 57.1 Å². The molecule has 3 heteroatoms. The number of nitrogens with zero attached hydrogens (tertiary/aromatic N) is 1. The summed E-state index contributed by atoms with van der Waals surface area (Å²) in [6, 6.07) is 23.3. The van der Waals surface area contributed by atoms with Gasteiger partial charge in [-0.2, -0.15) is 0 Å². The van der Waals surface area contributed by atoms with Gasteiger partial charge in [-0.1, -0.05) is 88.1 Å². The summed E-state index contributed by atoms with van der Waals surface area (Å²) in [5.74, 6) is 0.219. The van der Waals surface area contributed by atoms with E-state index in [0.29, 0.717) is 6.54 Å². The number of hydrogen-bond acceptors (Lipinski definition) is 2. The average Bonchev–Trinajstić information content (AvgIpc) is 2.82. The van der Waals surface area contributed by atoms with Gasteiger partial charge in [0, 0.05) is 29.3 Å². The molecule has 0 aromatic heterocycles. The number of fused-ring (bicyclic) bond motifs is 2. The lowest BCUT2D eigenvalue weighted by Crippen LogP contribution is -2.33. The molecule has 1 aliphatic rings. The third-order valence-corrected chi connectivity index (χ3v) is 6.49. The maximum atomic E-state index is 12.8. The van der Waals surface area contributed by atoms with Gasteiger partial charge < -0.3 is 10.2 Å². The Morgan fingerprint density at radius 1 is 0.938 bits per heavy atom. The van der Waals surface area contributed by atoms with Crippen molar-refractivity contribution in [2.45, 2.75) is 59.4 Å². The molecule has 1 unspecified atom stereocenters. The van der Waals surface area contributed by atoms with E-state index in [2.05, 4.69) is 85.6 Å². The summed E-state index contributed by atoms with van der Waals surface area (Å²) >= 11 is 0. The fraction of sp³-hybridized carbons (Fsp3) is 0.345. The Hall–Kier alpha value is -3.07. The van der Waals surface area contributed by atoms with Gasteiger partial charge in [-0.15, -0.1) is 0 Å². The van der Waals surface area contributed by atoms with E-state index in [-0.39, 0.29) is 11.8 Å². The van der Waals surface area contributed by atoms with Crippen LogP contribution in [0.2, 0.25) is 0 Å². The largest absolute Gasteiger partial charge is 0.352 e. The molecule has 4 rings (SSSR count). The molecule has 0 saturated heterocycles. The predicted molar refractivity (Wildman–Crippen MR) is 135 cm³/mol. The molecule has 2 bridgehead atoms. The molecular weight excluding hydrogens is 392 g/mol. The van der Waals surface area contributed by atoms with E-state index < -0.39 is 0 Å². The number of benzene rings is 3. The smallest absolute Gasteiger partial charge is 0.223 e. The number of carbonyl (C=O) groups is 1. The molecule has 0 saturated carbocycles. The number of carbonyl (C=O) groups excluding carboxylic acids is 1. The number of anilines is 3. The fourth-order valence-corrected chi connectivity index (χ4v) is 4.69. The standard InChI is InChI=1S/C29H34N2O/c1-4-5-6-9-14-21(2)29(32)30-20-26-27-22(3)19-25(23-15-10-7-11-16-23)28(26)31(27)24-17-12-8-13-18-24/h7-8,10-13,15-19,21H,4-6,9,14,20H2,1-3H3,(H,30,32). The summed E-state index contributed by atoms with van der Waals surface area (Å²) in [5.41, 5.74) is 8.49. The molecule has 1 N–H and O–H groups in total. The van der Waals surface area contributed by atoms with Crippen LogP contribution in [0.25, 0.3) is 11.1 Å². The summed E-state index contributed by atoms with van der Waals surface area (Å²) in [7, 11) is 0. The molecular formula is C29H34N2O. The maximum absolute atomic E-state index is 12.8. The number of rotatable bonds is 10. The van der Waals surface area contributed by atoms with E-state index in [1.54, 1.807) is 0 Å². The number of aryl methyl sites for hydroxylation is 1. The summed E-state index contributed by atoms with van der Waals surface area (Å²) in [4.78, 5) is 15.1. The minimum atomic E-state index is 0.0572. The molecule has 1 aliphatic heterocycles.